The summed E-state index contributed by atoms with van der Waals surface area (Å²) in [5.41, 5.74) is 7.26. The Hall–Kier alpha value is -1.80. The Balaban J connectivity index is 2.15. The van der Waals surface area contributed by atoms with Crippen LogP contribution < -0.4 is 16.4 Å². The molecule has 1 fully saturated rings. The summed E-state index contributed by atoms with van der Waals surface area (Å²) in [6.45, 7) is 4.71. The SMILES string of the molecule is CC(C)(C)CC1NC(C(=O)NCC(F)(F)F)C(c2cccc(Cl)c2)C1(N)c1ccc(Cl)cc1. The molecule has 1 aliphatic heterocycles. The lowest BCUT2D eigenvalue weighted by Gasteiger charge is -2.39. The van der Waals surface area contributed by atoms with Crippen molar-refractivity contribution in [3.63, 3.8) is 0 Å². The zero-order valence-corrected chi connectivity index (χ0v) is 20.2. The Bertz CT molecular complexity index is 992. The second-order valence-corrected chi connectivity index (χ2v) is 10.6. The number of carbonyl (C=O) groups excluding carboxylic acids is 1. The van der Waals surface area contributed by atoms with Crippen LogP contribution in [0.2, 0.25) is 10.0 Å². The Kier molecular flexibility index (Phi) is 7.39. The number of nitrogens with one attached hydrogen (secondary N) is 2. The number of carbonyl (C=O) groups is 1. The number of nitrogens with two attached hydrogens (primary N) is 1. The van der Waals surface area contributed by atoms with E-state index in [0.717, 1.165) is 5.56 Å². The molecule has 2 aromatic rings. The van der Waals surface area contributed by atoms with Crippen LogP contribution in [0.25, 0.3) is 0 Å². The maximum absolute atomic E-state index is 13.1. The van der Waals surface area contributed by atoms with Gasteiger partial charge in [0.1, 0.15) is 6.54 Å². The molecule has 0 saturated carbocycles. The van der Waals surface area contributed by atoms with E-state index in [0.29, 0.717) is 22.0 Å². The van der Waals surface area contributed by atoms with Gasteiger partial charge in [0.05, 0.1) is 11.6 Å². The van der Waals surface area contributed by atoms with E-state index in [1.807, 2.05) is 26.1 Å². The Morgan fingerprint density at radius 1 is 1.09 bits per heavy atom. The zero-order chi connectivity index (χ0) is 24.6. The molecule has 9 heteroatoms. The van der Waals surface area contributed by atoms with Gasteiger partial charge in [0, 0.05) is 22.0 Å². The summed E-state index contributed by atoms with van der Waals surface area (Å²) in [6, 6.07) is 12.5. The van der Waals surface area contributed by atoms with Crippen molar-refractivity contribution < 1.29 is 18.0 Å². The lowest BCUT2D eigenvalue weighted by molar-refractivity contribution is -0.139. The van der Waals surface area contributed by atoms with Crippen molar-refractivity contribution in [1.29, 1.82) is 0 Å². The Morgan fingerprint density at radius 3 is 2.27 bits per heavy atom. The van der Waals surface area contributed by atoms with Crippen LogP contribution in [-0.2, 0) is 10.3 Å². The van der Waals surface area contributed by atoms with Gasteiger partial charge >= 0.3 is 6.18 Å². The highest BCUT2D eigenvalue weighted by atomic mass is 35.5. The molecule has 1 aliphatic rings. The number of rotatable bonds is 5. The Morgan fingerprint density at radius 2 is 1.73 bits per heavy atom. The topological polar surface area (TPSA) is 67.2 Å². The molecule has 0 radical (unpaired) electrons. The van der Waals surface area contributed by atoms with Gasteiger partial charge in [0.15, 0.2) is 0 Å². The molecule has 1 amide bonds. The highest BCUT2D eigenvalue weighted by molar-refractivity contribution is 6.30. The molecule has 1 saturated heterocycles. The summed E-state index contributed by atoms with van der Waals surface area (Å²) in [4.78, 5) is 13.1. The van der Waals surface area contributed by atoms with E-state index < -0.39 is 42.2 Å². The van der Waals surface area contributed by atoms with Crippen LogP contribution in [0.4, 0.5) is 13.2 Å². The third-order valence-corrected chi connectivity index (χ3v) is 6.41. The van der Waals surface area contributed by atoms with E-state index in [-0.39, 0.29) is 5.41 Å². The standard InChI is InChI=1S/C24H28Cl2F3N3O/c1-22(2,3)12-18-24(30,15-7-9-16(25)10-8-15)19(14-5-4-6-17(26)11-14)20(32-18)21(33)31-13-23(27,28)29/h4-11,18-20,32H,12-13,30H2,1-3H3,(H,31,33). The lowest BCUT2D eigenvalue weighted by Crippen LogP contribution is -2.51. The van der Waals surface area contributed by atoms with Gasteiger partial charge < -0.3 is 16.4 Å². The highest BCUT2D eigenvalue weighted by Gasteiger charge is 2.57. The molecule has 2 aromatic carbocycles. The fraction of sp³-hybridized carbons (Fsp3) is 0.458. The van der Waals surface area contributed by atoms with E-state index in [9.17, 15) is 18.0 Å². The van der Waals surface area contributed by atoms with Gasteiger partial charge in [-0.3, -0.25) is 4.79 Å². The van der Waals surface area contributed by atoms with Crippen LogP contribution in [0.15, 0.2) is 48.5 Å². The van der Waals surface area contributed by atoms with E-state index in [4.69, 9.17) is 28.9 Å². The zero-order valence-electron chi connectivity index (χ0n) is 18.6. The van der Waals surface area contributed by atoms with Crippen molar-refractivity contribution >= 4 is 29.1 Å². The van der Waals surface area contributed by atoms with Crippen LogP contribution in [0.1, 0.15) is 44.2 Å². The van der Waals surface area contributed by atoms with Crippen molar-refractivity contribution in [2.75, 3.05) is 6.54 Å². The number of hydrogen-bond donors (Lipinski definition) is 3. The average Bonchev–Trinajstić information content (AvgIpc) is 2.98. The second-order valence-electron chi connectivity index (χ2n) is 9.77. The van der Waals surface area contributed by atoms with Crippen LogP contribution in [-0.4, -0.2) is 30.7 Å². The molecular formula is C24H28Cl2F3N3O. The summed E-state index contributed by atoms with van der Waals surface area (Å²) in [6.07, 6.45) is -3.95. The van der Waals surface area contributed by atoms with E-state index in [1.165, 1.54) is 0 Å². The third-order valence-electron chi connectivity index (χ3n) is 5.92. The van der Waals surface area contributed by atoms with Gasteiger partial charge in [-0.1, -0.05) is 68.2 Å². The van der Waals surface area contributed by atoms with Crippen LogP contribution in [0, 0.1) is 5.41 Å². The molecule has 0 aliphatic carbocycles. The highest BCUT2D eigenvalue weighted by Crippen LogP contribution is 2.48. The molecule has 0 spiro atoms. The smallest absolute Gasteiger partial charge is 0.346 e. The molecule has 0 aromatic heterocycles. The van der Waals surface area contributed by atoms with Gasteiger partial charge in [-0.05, 0) is 47.2 Å². The molecule has 4 N–H and O–H groups in total. The first-order valence-corrected chi connectivity index (χ1v) is 11.4. The predicted octanol–water partition coefficient (Wildman–Crippen LogP) is 5.39. The van der Waals surface area contributed by atoms with E-state index in [1.54, 1.807) is 48.5 Å². The summed E-state index contributed by atoms with van der Waals surface area (Å²) >= 11 is 12.3. The number of benzene rings is 2. The first kappa shape index (κ1) is 25.8. The summed E-state index contributed by atoms with van der Waals surface area (Å²) < 4.78 is 38.5. The van der Waals surface area contributed by atoms with Crippen LogP contribution >= 0.6 is 23.2 Å². The maximum Gasteiger partial charge on any atom is 0.405 e. The Labute approximate surface area is 202 Å². The molecule has 180 valence electrons. The van der Waals surface area contributed by atoms with Gasteiger partial charge in [0.2, 0.25) is 5.91 Å². The number of hydrogen-bond acceptors (Lipinski definition) is 3. The summed E-state index contributed by atoms with van der Waals surface area (Å²) in [7, 11) is 0. The van der Waals surface area contributed by atoms with Gasteiger partial charge in [-0.25, -0.2) is 0 Å². The van der Waals surface area contributed by atoms with Crippen molar-refractivity contribution in [3.8, 4) is 0 Å². The number of amides is 1. The molecule has 4 atom stereocenters. The fourth-order valence-electron chi connectivity index (χ4n) is 4.60. The van der Waals surface area contributed by atoms with Crippen molar-refractivity contribution in [2.45, 2.75) is 56.9 Å². The fourth-order valence-corrected chi connectivity index (χ4v) is 4.92. The second kappa shape index (κ2) is 9.45. The number of halogens is 5. The quantitative estimate of drug-likeness (QED) is 0.514. The molecular weight excluding hydrogens is 474 g/mol. The van der Waals surface area contributed by atoms with Gasteiger partial charge in [-0.15, -0.1) is 0 Å². The molecule has 4 nitrogen and oxygen atoms in total. The summed E-state index contributed by atoms with van der Waals surface area (Å²) in [5.74, 6) is -1.45. The largest absolute Gasteiger partial charge is 0.405 e. The lowest BCUT2D eigenvalue weighted by atomic mass is 9.68. The average molecular weight is 502 g/mol. The van der Waals surface area contributed by atoms with Crippen molar-refractivity contribution in [2.24, 2.45) is 11.1 Å². The van der Waals surface area contributed by atoms with E-state index in [2.05, 4.69) is 5.32 Å². The van der Waals surface area contributed by atoms with Crippen molar-refractivity contribution in [1.82, 2.24) is 10.6 Å². The molecule has 33 heavy (non-hydrogen) atoms. The minimum Gasteiger partial charge on any atom is -0.346 e. The summed E-state index contributed by atoms with van der Waals surface area (Å²) in [5, 5.41) is 6.27. The molecule has 4 unspecified atom stereocenters. The molecule has 0 bridgehead atoms. The minimum absolute atomic E-state index is 0.176. The predicted molar refractivity (Wildman–Crippen MR) is 125 cm³/mol. The first-order chi connectivity index (χ1) is 15.2. The maximum atomic E-state index is 13.1. The number of alkyl halides is 3. The van der Waals surface area contributed by atoms with Crippen LogP contribution in [0.5, 0.6) is 0 Å². The molecule has 3 rings (SSSR count). The van der Waals surface area contributed by atoms with E-state index >= 15 is 0 Å². The molecule has 1 heterocycles. The van der Waals surface area contributed by atoms with Gasteiger partial charge in [0.25, 0.3) is 0 Å². The first-order valence-electron chi connectivity index (χ1n) is 10.6. The van der Waals surface area contributed by atoms with Gasteiger partial charge in [-0.2, -0.15) is 13.2 Å². The minimum atomic E-state index is -4.53. The normalized spacial score (nSPS) is 25.8. The van der Waals surface area contributed by atoms with Crippen molar-refractivity contribution in [3.05, 3.63) is 69.7 Å². The third kappa shape index (κ3) is 6.01. The van der Waals surface area contributed by atoms with Crippen LogP contribution in [0.3, 0.4) is 0 Å². The monoisotopic (exact) mass is 501 g/mol.